The molecule has 4 N–H and O–H groups in total. The Labute approximate surface area is 400 Å². The van der Waals surface area contributed by atoms with Crippen molar-refractivity contribution in [2.45, 2.75) is 109 Å². The van der Waals surface area contributed by atoms with Crippen molar-refractivity contribution >= 4 is 57.9 Å². The number of hydrogen-bond acceptors (Lipinski definition) is 13. The van der Waals surface area contributed by atoms with E-state index in [0.717, 1.165) is 55.0 Å². The van der Waals surface area contributed by atoms with Crippen molar-refractivity contribution in [2.24, 2.45) is 5.41 Å². The summed E-state index contributed by atoms with van der Waals surface area (Å²) >= 11 is 6.70. The second kappa shape index (κ2) is 19.2. The summed E-state index contributed by atoms with van der Waals surface area (Å²) in [6.07, 6.45) is 14.1. The number of aliphatic hydroxyl groups is 1. The van der Waals surface area contributed by atoms with E-state index in [1.807, 2.05) is 53.9 Å². The Balaban J connectivity index is 0.799. The van der Waals surface area contributed by atoms with Crippen LogP contribution in [0.25, 0.3) is 28.0 Å². The molecule has 0 saturated carbocycles. The normalized spacial score (nSPS) is 19.8. The molecule has 18 nitrogen and oxygen atoms in total. The van der Waals surface area contributed by atoms with Crippen LogP contribution >= 0.6 is 11.6 Å². The van der Waals surface area contributed by atoms with E-state index in [0.29, 0.717) is 91.5 Å². The summed E-state index contributed by atoms with van der Waals surface area (Å²) in [5.41, 5.74) is 3.72. The zero-order chi connectivity index (χ0) is 47.7. The maximum atomic E-state index is 13.6. The van der Waals surface area contributed by atoms with Gasteiger partial charge in [-0.3, -0.25) is 29.2 Å². The van der Waals surface area contributed by atoms with Gasteiger partial charge in [0, 0.05) is 80.9 Å². The molecule has 68 heavy (non-hydrogen) atoms. The van der Waals surface area contributed by atoms with Gasteiger partial charge in [0.2, 0.25) is 23.6 Å². The fraction of sp³-hybridized carbons (Fsp3) is 0.490. The van der Waals surface area contributed by atoms with Crippen molar-refractivity contribution in [2.75, 3.05) is 54.4 Å². The molecule has 8 heterocycles. The van der Waals surface area contributed by atoms with Crippen LogP contribution < -0.4 is 25.8 Å². The number of amides is 4. The predicted octanol–water partition coefficient (Wildman–Crippen LogP) is 5.50. The second-order valence-electron chi connectivity index (χ2n) is 19.1. The molecule has 0 aliphatic carbocycles. The number of nitriles is 1. The highest BCUT2D eigenvalue weighted by atomic mass is 35.5. The summed E-state index contributed by atoms with van der Waals surface area (Å²) in [6, 6.07) is 11.3. The molecule has 0 spiro atoms. The molecular formula is C49H58ClN13O5. The molecule has 1 atom stereocenters. The van der Waals surface area contributed by atoms with Gasteiger partial charge < -0.3 is 30.4 Å². The lowest BCUT2D eigenvalue weighted by atomic mass is 9.75. The number of carbonyl (C=O) groups is 4. The number of fused-ring (bicyclic) bond motifs is 1. The van der Waals surface area contributed by atoms with Gasteiger partial charge in [-0.15, -0.1) is 0 Å². The molecule has 9 rings (SSSR count). The molecule has 5 aromatic rings. The number of aromatic nitrogens is 6. The van der Waals surface area contributed by atoms with Gasteiger partial charge in [-0.25, -0.2) is 14.5 Å². The molecule has 4 amide bonds. The largest absolute Gasteiger partial charge is 0.389 e. The fourth-order valence-corrected chi connectivity index (χ4v) is 10.4. The molecule has 356 valence electrons. The molecule has 4 aliphatic heterocycles. The average molecular weight is 945 g/mol. The van der Waals surface area contributed by atoms with Crippen LogP contribution in [-0.2, 0) is 19.2 Å². The standard InChI is InChI=1S/C49H58ClN13O5/c1-4-48(47(67)55-31(2)3)13-19-60(20-14-48)41-9-5-32(26-52-41)44-45-33(25-51)27-54-63(45)30-39(57-44)34-28-53-62(29-34)36-11-17-61(18-12-36)43(65)24-49(68)15-21-59(22-16-49)40-8-6-35(23-37(40)50)56-38-7-10-42(64)58-46(38)66/h5-6,8-9,23,26-31,36,38,56,68H,4,7,10-22,24H2,1-3H3,(H,55,67)(H,58,64,66). The van der Waals surface area contributed by atoms with Crippen LogP contribution in [-0.4, -0.2) is 120 Å². The van der Waals surface area contributed by atoms with E-state index in [-0.39, 0.29) is 54.0 Å². The Kier molecular flexibility index (Phi) is 13.1. The van der Waals surface area contributed by atoms with Crippen LogP contribution in [0.4, 0.5) is 17.2 Å². The quantitative estimate of drug-likeness (QED) is 0.114. The number of hydrogen-bond donors (Lipinski definition) is 4. The van der Waals surface area contributed by atoms with Gasteiger partial charge >= 0.3 is 0 Å². The predicted molar refractivity (Wildman–Crippen MR) is 257 cm³/mol. The van der Waals surface area contributed by atoms with E-state index < -0.39 is 11.6 Å². The van der Waals surface area contributed by atoms with Gasteiger partial charge in [0.1, 0.15) is 29.0 Å². The topological polar surface area (TPSA) is 219 Å². The number of rotatable bonds is 12. The van der Waals surface area contributed by atoms with Crippen LogP contribution in [0.5, 0.6) is 0 Å². The van der Waals surface area contributed by atoms with Gasteiger partial charge in [0.25, 0.3) is 0 Å². The molecule has 1 aromatic carbocycles. The Bertz CT molecular complexity index is 2740. The molecule has 19 heteroatoms. The van der Waals surface area contributed by atoms with Crippen molar-refractivity contribution in [3.8, 4) is 28.6 Å². The summed E-state index contributed by atoms with van der Waals surface area (Å²) in [5.74, 6) is 0.266. The van der Waals surface area contributed by atoms with Gasteiger partial charge in [0.05, 0.1) is 64.2 Å². The SMILES string of the molecule is CCC1(C(=O)NC(C)C)CCN(c2ccc(-c3nc(-c4cnn(C5CCN(C(=O)CC6(O)CCN(c7ccc(NC8CCC(=O)NC8=O)cc7Cl)CC6)CC5)c4)cn4ncc(C#N)c34)cn2)CC1. The molecule has 4 aliphatic rings. The minimum Gasteiger partial charge on any atom is -0.389 e. The van der Waals surface area contributed by atoms with Crippen molar-refractivity contribution < 1.29 is 24.3 Å². The molecule has 1 unspecified atom stereocenters. The number of nitrogens with zero attached hydrogens (tertiary/aromatic N) is 10. The van der Waals surface area contributed by atoms with E-state index in [4.69, 9.17) is 26.7 Å². The monoisotopic (exact) mass is 943 g/mol. The van der Waals surface area contributed by atoms with Crippen LogP contribution in [0.15, 0.2) is 61.3 Å². The summed E-state index contributed by atoms with van der Waals surface area (Å²) < 4.78 is 3.62. The van der Waals surface area contributed by atoms with Crippen molar-refractivity contribution in [1.82, 2.24) is 44.9 Å². The Morgan fingerprint density at radius 2 is 1.69 bits per heavy atom. The highest BCUT2D eigenvalue weighted by molar-refractivity contribution is 6.33. The maximum absolute atomic E-state index is 13.6. The smallest absolute Gasteiger partial charge is 0.249 e. The average Bonchev–Trinajstić information content (AvgIpc) is 4.01. The summed E-state index contributed by atoms with van der Waals surface area (Å²) in [4.78, 5) is 66.6. The van der Waals surface area contributed by atoms with Crippen molar-refractivity contribution in [1.29, 1.82) is 5.26 Å². The molecule has 0 bridgehead atoms. The maximum Gasteiger partial charge on any atom is 0.249 e. The van der Waals surface area contributed by atoms with Gasteiger partial charge in [-0.1, -0.05) is 18.5 Å². The molecule has 4 aromatic heterocycles. The van der Waals surface area contributed by atoms with Crippen LogP contribution in [0.1, 0.15) is 96.6 Å². The minimum absolute atomic E-state index is 0.0478. The summed E-state index contributed by atoms with van der Waals surface area (Å²) in [6.45, 7) is 9.65. The summed E-state index contributed by atoms with van der Waals surface area (Å²) in [5, 5.41) is 40.0. The first kappa shape index (κ1) is 46.5. The van der Waals surface area contributed by atoms with E-state index >= 15 is 0 Å². The van der Waals surface area contributed by atoms with E-state index in [9.17, 15) is 29.5 Å². The second-order valence-corrected chi connectivity index (χ2v) is 19.5. The lowest BCUT2D eigenvalue weighted by molar-refractivity contribution is -0.139. The summed E-state index contributed by atoms with van der Waals surface area (Å²) in [7, 11) is 0. The molecular weight excluding hydrogens is 886 g/mol. The number of halogens is 1. The Morgan fingerprint density at radius 1 is 0.941 bits per heavy atom. The van der Waals surface area contributed by atoms with Gasteiger partial charge in [0.15, 0.2) is 0 Å². The number of pyridine rings is 1. The zero-order valence-electron chi connectivity index (χ0n) is 38.7. The van der Waals surface area contributed by atoms with E-state index in [2.05, 4.69) is 43.8 Å². The Hall–Kier alpha value is -6.58. The lowest BCUT2D eigenvalue weighted by Gasteiger charge is -2.41. The number of piperidine rings is 4. The number of imide groups is 1. The van der Waals surface area contributed by atoms with E-state index in [1.54, 1.807) is 35.4 Å². The van der Waals surface area contributed by atoms with Crippen LogP contribution in [0, 0.1) is 16.7 Å². The van der Waals surface area contributed by atoms with Crippen molar-refractivity contribution in [3.63, 3.8) is 0 Å². The van der Waals surface area contributed by atoms with Gasteiger partial charge in [-0.05, 0) is 95.5 Å². The van der Waals surface area contributed by atoms with Crippen LogP contribution in [0.2, 0.25) is 5.02 Å². The number of carbonyl (C=O) groups excluding carboxylic acids is 4. The lowest BCUT2D eigenvalue weighted by Crippen LogP contribution is -2.50. The first-order chi connectivity index (χ1) is 32.7. The third-order valence-electron chi connectivity index (χ3n) is 14.4. The Morgan fingerprint density at radius 3 is 2.35 bits per heavy atom. The third-order valence-corrected chi connectivity index (χ3v) is 14.7. The molecule has 4 saturated heterocycles. The fourth-order valence-electron chi connectivity index (χ4n) is 10.1. The first-order valence-electron chi connectivity index (χ1n) is 23.7. The van der Waals surface area contributed by atoms with Gasteiger partial charge in [-0.2, -0.15) is 15.5 Å². The van der Waals surface area contributed by atoms with Crippen LogP contribution in [0.3, 0.4) is 0 Å². The zero-order valence-corrected chi connectivity index (χ0v) is 39.5. The highest BCUT2D eigenvalue weighted by Crippen LogP contribution is 2.39. The number of nitrogens with one attached hydrogen (secondary N) is 3. The molecule has 0 radical (unpaired) electrons. The highest BCUT2D eigenvalue weighted by Gasteiger charge is 2.41. The van der Waals surface area contributed by atoms with E-state index in [1.165, 1.54) is 0 Å². The molecule has 4 fully saturated rings. The minimum atomic E-state index is -1.13. The number of benzene rings is 1. The third kappa shape index (κ3) is 9.59. The number of likely N-dealkylation sites (tertiary alicyclic amines) is 1. The van der Waals surface area contributed by atoms with Crippen molar-refractivity contribution in [3.05, 3.63) is 71.9 Å². The number of anilines is 3. The first-order valence-corrected chi connectivity index (χ1v) is 24.1.